The van der Waals surface area contributed by atoms with E-state index in [9.17, 15) is 35.9 Å². The number of nitrogens with one attached hydrogen (secondary N) is 1. The maximum atomic E-state index is 13.4. The average molecular weight is 595 g/mol. The minimum atomic E-state index is -5.08. The molecule has 41 heavy (non-hydrogen) atoms. The SMILES string of the molecule is C[C@H](N)C(=O)NC1(C(=O)c2ccc3cc(/C=N\N)ccc3c2)CCCCC1.O=C(O)C(F)(F)F.O=C(O)C(F)(F)F. The molecule has 0 heterocycles. The maximum Gasteiger partial charge on any atom is 0.490 e. The molecule has 0 aliphatic heterocycles. The van der Waals surface area contributed by atoms with E-state index in [0.29, 0.717) is 18.4 Å². The number of nitrogens with two attached hydrogens (primary N) is 2. The Balaban J connectivity index is 0.000000497. The summed E-state index contributed by atoms with van der Waals surface area (Å²) in [7, 11) is 0. The number of hydrazone groups is 1. The monoisotopic (exact) mass is 594 g/mol. The first-order chi connectivity index (χ1) is 18.8. The van der Waals surface area contributed by atoms with Gasteiger partial charge in [0, 0.05) is 5.56 Å². The van der Waals surface area contributed by atoms with Gasteiger partial charge < -0.3 is 27.1 Å². The Bertz CT molecular complexity index is 1250. The van der Waals surface area contributed by atoms with Crippen LogP contribution in [0.3, 0.4) is 0 Å². The van der Waals surface area contributed by atoms with Crippen molar-refractivity contribution in [1.29, 1.82) is 0 Å². The normalized spacial score (nSPS) is 15.5. The molecule has 2 aromatic rings. The number of rotatable bonds is 5. The number of Topliss-reactive ketones (excluding diaryl/α,β-unsaturated/α-hetero) is 1. The predicted molar refractivity (Wildman–Crippen MR) is 135 cm³/mol. The van der Waals surface area contributed by atoms with Gasteiger partial charge in [-0.25, -0.2) is 9.59 Å². The van der Waals surface area contributed by atoms with Crippen molar-refractivity contribution in [3.63, 3.8) is 0 Å². The number of carboxylic acids is 2. The maximum absolute atomic E-state index is 13.4. The Kier molecular flexibility index (Phi) is 12.3. The van der Waals surface area contributed by atoms with Crippen LogP contribution in [0, 0.1) is 0 Å². The number of halogens is 6. The minimum absolute atomic E-state index is 0.0364. The molecule has 16 heteroatoms. The topological polar surface area (TPSA) is 185 Å². The van der Waals surface area contributed by atoms with Gasteiger partial charge in [-0.05, 0) is 48.2 Å². The number of carbonyl (C=O) groups is 4. The molecule has 3 rings (SSSR count). The fourth-order valence-corrected chi connectivity index (χ4v) is 3.76. The Morgan fingerprint density at radius 2 is 1.37 bits per heavy atom. The molecule has 0 bridgehead atoms. The fourth-order valence-electron chi connectivity index (χ4n) is 3.76. The van der Waals surface area contributed by atoms with Gasteiger partial charge in [0.05, 0.1) is 12.3 Å². The average Bonchev–Trinajstić information content (AvgIpc) is 2.88. The summed E-state index contributed by atoms with van der Waals surface area (Å²) in [4.78, 5) is 43.4. The lowest BCUT2D eigenvalue weighted by atomic mass is 9.76. The molecule has 1 amide bonds. The molecule has 1 atom stereocenters. The van der Waals surface area contributed by atoms with Crippen LogP contribution in [-0.4, -0.2) is 64.0 Å². The van der Waals surface area contributed by atoms with E-state index in [2.05, 4.69) is 10.4 Å². The number of nitrogens with zero attached hydrogens (tertiary/aromatic N) is 1. The van der Waals surface area contributed by atoms with E-state index >= 15 is 0 Å². The van der Waals surface area contributed by atoms with E-state index in [1.807, 2.05) is 36.4 Å². The first-order valence-electron chi connectivity index (χ1n) is 11.8. The summed E-state index contributed by atoms with van der Waals surface area (Å²) in [5.41, 5.74) is 6.37. The predicted octanol–water partition coefficient (Wildman–Crippen LogP) is 3.75. The number of carboxylic acid groups (broad SMARTS) is 2. The highest BCUT2D eigenvalue weighted by atomic mass is 19.4. The first-order valence-corrected chi connectivity index (χ1v) is 11.8. The number of alkyl halides is 6. The summed E-state index contributed by atoms with van der Waals surface area (Å²) in [6.45, 7) is 1.63. The van der Waals surface area contributed by atoms with E-state index in [1.54, 1.807) is 13.1 Å². The zero-order chi connectivity index (χ0) is 31.6. The number of carbonyl (C=O) groups excluding carboxylic acids is 2. The molecule has 0 unspecified atom stereocenters. The van der Waals surface area contributed by atoms with Gasteiger partial charge in [-0.2, -0.15) is 31.4 Å². The van der Waals surface area contributed by atoms with Crippen molar-refractivity contribution < 1.29 is 55.7 Å². The van der Waals surface area contributed by atoms with Crippen molar-refractivity contribution in [2.24, 2.45) is 16.7 Å². The van der Waals surface area contributed by atoms with Crippen molar-refractivity contribution in [3.05, 3.63) is 47.5 Å². The van der Waals surface area contributed by atoms with E-state index in [4.69, 9.17) is 31.4 Å². The van der Waals surface area contributed by atoms with E-state index < -0.39 is 35.9 Å². The van der Waals surface area contributed by atoms with Gasteiger partial charge in [-0.3, -0.25) is 9.59 Å². The minimum Gasteiger partial charge on any atom is -0.475 e. The van der Waals surface area contributed by atoms with Gasteiger partial charge in [0.25, 0.3) is 0 Å². The lowest BCUT2D eigenvalue weighted by molar-refractivity contribution is -0.193. The fraction of sp³-hybridized carbons (Fsp3) is 0.400. The number of fused-ring (bicyclic) bond motifs is 1. The molecule has 10 nitrogen and oxygen atoms in total. The number of aliphatic carboxylic acids is 2. The quantitative estimate of drug-likeness (QED) is 0.114. The van der Waals surface area contributed by atoms with Gasteiger partial charge in [0.2, 0.25) is 5.91 Å². The Labute approximate surface area is 229 Å². The van der Waals surface area contributed by atoms with Crippen LogP contribution in [0.15, 0.2) is 41.5 Å². The Morgan fingerprint density at radius 1 is 0.902 bits per heavy atom. The molecule has 226 valence electrons. The summed E-state index contributed by atoms with van der Waals surface area (Å²) >= 11 is 0. The van der Waals surface area contributed by atoms with Crippen molar-refractivity contribution in [3.8, 4) is 0 Å². The zero-order valence-electron chi connectivity index (χ0n) is 21.6. The third kappa shape index (κ3) is 10.7. The zero-order valence-corrected chi connectivity index (χ0v) is 21.6. The van der Waals surface area contributed by atoms with Crippen molar-refractivity contribution >= 4 is 40.6 Å². The third-order valence-electron chi connectivity index (χ3n) is 5.75. The van der Waals surface area contributed by atoms with Gasteiger partial charge in [0.15, 0.2) is 5.78 Å². The van der Waals surface area contributed by atoms with Crippen molar-refractivity contribution in [2.45, 2.75) is 63.0 Å². The third-order valence-corrected chi connectivity index (χ3v) is 5.75. The lowest BCUT2D eigenvalue weighted by Crippen LogP contribution is -2.58. The van der Waals surface area contributed by atoms with Crippen molar-refractivity contribution in [2.75, 3.05) is 0 Å². The van der Waals surface area contributed by atoms with E-state index in [-0.39, 0.29) is 11.7 Å². The van der Waals surface area contributed by atoms with Gasteiger partial charge in [-0.15, -0.1) is 0 Å². The second-order valence-corrected chi connectivity index (χ2v) is 8.96. The second-order valence-electron chi connectivity index (χ2n) is 8.96. The molecular weight excluding hydrogens is 566 g/mol. The number of benzene rings is 2. The lowest BCUT2D eigenvalue weighted by Gasteiger charge is -2.37. The molecular formula is C25H28F6N4O6. The molecule has 2 aromatic carbocycles. The summed E-state index contributed by atoms with van der Waals surface area (Å²) in [6.07, 6.45) is -4.38. The molecule has 0 aromatic heterocycles. The number of hydrogen-bond donors (Lipinski definition) is 5. The number of ketones is 1. The molecule has 7 N–H and O–H groups in total. The van der Waals surface area contributed by atoms with Crippen LogP contribution in [-0.2, 0) is 14.4 Å². The molecule has 0 saturated heterocycles. The summed E-state index contributed by atoms with van der Waals surface area (Å²) in [5, 5.41) is 22.7. The summed E-state index contributed by atoms with van der Waals surface area (Å²) in [5.74, 6) is -0.623. The molecule has 0 radical (unpaired) electrons. The van der Waals surface area contributed by atoms with E-state index in [1.165, 1.54) is 0 Å². The van der Waals surface area contributed by atoms with Crippen LogP contribution in [0.5, 0.6) is 0 Å². The van der Waals surface area contributed by atoms with Crippen LogP contribution < -0.4 is 16.9 Å². The van der Waals surface area contributed by atoms with Gasteiger partial charge >= 0.3 is 24.3 Å². The summed E-state index contributed by atoms with van der Waals surface area (Å²) < 4.78 is 63.5. The first kappa shape index (κ1) is 34.8. The molecule has 1 saturated carbocycles. The highest BCUT2D eigenvalue weighted by Crippen LogP contribution is 2.32. The molecule has 1 aliphatic rings. The molecule has 1 aliphatic carbocycles. The number of hydrogen-bond acceptors (Lipinski definition) is 7. The molecule has 1 fully saturated rings. The van der Waals surface area contributed by atoms with Gasteiger partial charge in [-0.1, -0.05) is 43.5 Å². The molecule has 0 spiro atoms. The van der Waals surface area contributed by atoms with Gasteiger partial charge in [0.1, 0.15) is 5.54 Å². The van der Waals surface area contributed by atoms with Crippen LogP contribution in [0.4, 0.5) is 26.3 Å². The van der Waals surface area contributed by atoms with Crippen LogP contribution >= 0.6 is 0 Å². The highest BCUT2D eigenvalue weighted by molar-refractivity contribution is 6.07. The van der Waals surface area contributed by atoms with E-state index in [0.717, 1.165) is 35.6 Å². The highest BCUT2D eigenvalue weighted by Gasteiger charge is 2.42. The number of amides is 1. The summed E-state index contributed by atoms with van der Waals surface area (Å²) in [6, 6.07) is 10.8. The largest absolute Gasteiger partial charge is 0.490 e. The van der Waals surface area contributed by atoms with Crippen LogP contribution in [0.2, 0.25) is 0 Å². The Morgan fingerprint density at radius 3 is 1.80 bits per heavy atom. The smallest absolute Gasteiger partial charge is 0.475 e. The standard InChI is InChI=1S/C21H26N4O2.2C2HF3O2/c1-14(22)20(27)25-21(9-3-2-4-10-21)19(26)18-8-7-16-11-15(13-24-23)5-6-17(16)12-18;2*3-2(4,5)1(6)7/h5-8,11-14H,2-4,9-10,22-23H2,1H3,(H,25,27);2*(H,6,7)/b24-13-;;/t14-;;/m0../s1. The Hall–Kier alpha value is -4.21. The van der Waals surface area contributed by atoms with Crippen LogP contribution in [0.25, 0.3) is 10.8 Å². The van der Waals surface area contributed by atoms with Crippen molar-refractivity contribution in [1.82, 2.24) is 5.32 Å². The van der Waals surface area contributed by atoms with Crippen LogP contribution in [0.1, 0.15) is 54.9 Å². The second kappa shape index (κ2) is 14.4.